The number of carboxylic acid groups (broad SMARTS) is 1. The van der Waals surface area contributed by atoms with Crippen molar-refractivity contribution in [2.75, 3.05) is 20.6 Å². The lowest BCUT2D eigenvalue weighted by Gasteiger charge is -2.30. The highest BCUT2D eigenvalue weighted by Gasteiger charge is 2.27. The molecule has 5 heteroatoms. The van der Waals surface area contributed by atoms with E-state index in [2.05, 4.69) is 10.2 Å². The van der Waals surface area contributed by atoms with Crippen molar-refractivity contribution in [1.82, 2.24) is 10.2 Å². The van der Waals surface area contributed by atoms with Gasteiger partial charge in [0, 0.05) is 12.6 Å². The Labute approximate surface area is 119 Å². The highest BCUT2D eigenvalue weighted by atomic mass is 16.4. The molecule has 112 valence electrons. The second kappa shape index (κ2) is 6.90. The summed E-state index contributed by atoms with van der Waals surface area (Å²) in [6.07, 6.45) is 5.27. The van der Waals surface area contributed by atoms with Crippen molar-refractivity contribution in [1.29, 1.82) is 0 Å². The van der Waals surface area contributed by atoms with Crippen LogP contribution >= 0.6 is 0 Å². The maximum Gasteiger partial charge on any atom is 0.306 e. The molecule has 0 aliphatic heterocycles. The van der Waals surface area contributed by atoms with Gasteiger partial charge in [0.25, 0.3) is 0 Å². The van der Waals surface area contributed by atoms with E-state index in [-0.39, 0.29) is 12.0 Å². The van der Waals surface area contributed by atoms with Gasteiger partial charge in [0.2, 0.25) is 0 Å². The summed E-state index contributed by atoms with van der Waals surface area (Å²) >= 11 is 0. The van der Waals surface area contributed by atoms with Gasteiger partial charge < -0.3 is 14.8 Å². The highest BCUT2D eigenvalue weighted by Crippen LogP contribution is 2.25. The van der Waals surface area contributed by atoms with E-state index in [1.54, 1.807) is 6.26 Å². The number of aliphatic carboxylic acids is 1. The van der Waals surface area contributed by atoms with E-state index in [9.17, 15) is 4.79 Å². The summed E-state index contributed by atoms with van der Waals surface area (Å²) in [5.74, 6) is 0.0856. The zero-order chi connectivity index (χ0) is 14.5. The maximum absolute atomic E-state index is 11.1. The maximum atomic E-state index is 11.1. The van der Waals surface area contributed by atoms with Crippen molar-refractivity contribution in [3.63, 3.8) is 0 Å². The largest absolute Gasteiger partial charge is 0.481 e. The van der Waals surface area contributed by atoms with Crippen LogP contribution in [0.4, 0.5) is 0 Å². The van der Waals surface area contributed by atoms with Gasteiger partial charge in [0.15, 0.2) is 0 Å². The molecular weight excluding hydrogens is 256 g/mol. The molecule has 0 saturated heterocycles. The van der Waals surface area contributed by atoms with Crippen LogP contribution in [0.1, 0.15) is 37.5 Å². The zero-order valence-electron chi connectivity index (χ0n) is 12.2. The lowest BCUT2D eigenvalue weighted by atomic mass is 9.85. The third-order valence-electron chi connectivity index (χ3n) is 4.12. The van der Waals surface area contributed by atoms with Crippen LogP contribution in [0.5, 0.6) is 0 Å². The predicted octanol–water partition coefficient (Wildman–Crippen LogP) is 2.12. The Bertz CT molecular complexity index is 417. The van der Waals surface area contributed by atoms with Crippen LogP contribution in [-0.4, -0.2) is 42.7 Å². The first-order valence-electron chi connectivity index (χ1n) is 7.24. The Hall–Kier alpha value is -1.33. The van der Waals surface area contributed by atoms with Crippen molar-refractivity contribution in [3.8, 4) is 0 Å². The molecule has 1 fully saturated rings. The number of furan rings is 1. The summed E-state index contributed by atoms with van der Waals surface area (Å²) in [7, 11) is 4.05. The normalized spacial score (nSPS) is 24.8. The Morgan fingerprint density at radius 1 is 1.55 bits per heavy atom. The van der Waals surface area contributed by atoms with Crippen LogP contribution in [0, 0.1) is 5.92 Å². The molecular formula is C15H24N2O3. The Morgan fingerprint density at radius 3 is 2.95 bits per heavy atom. The molecule has 1 aliphatic carbocycles. The lowest BCUT2D eigenvalue weighted by molar-refractivity contribution is -0.143. The van der Waals surface area contributed by atoms with Crippen molar-refractivity contribution in [2.24, 2.45) is 5.92 Å². The van der Waals surface area contributed by atoms with Crippen molar-refractivity contribution in [2.45, 2.75) is 37.8 Å². The summed E-state index contributed by atoms with van der Waals surface area (Å²) in [4.78, 5) is 13.2. The lowest BCUT2D eigenvalue weighted by Crippen LogP contribution is -2.40. The number of nitrogens with zero attached hydrogens (tertiary/aromatic N) is 1. The Balaban J connectivity index is 1.88. The van der Waals surface area contributed by atoms with Gasteiger partial charge >= 0.3 is 5.97 Å². The molecule has 5 nitrogen and oxygen atoms in total. The molecule has 0 spiro atoms. The molecule has 1 aromatic heterocycles. The van der Waals surface area contributed by atoms with Gasteiger partial charge in [-0.1, -0.05) is 6.42 Å². The number of rotatable bonds is 6. The van der Waals surface area contributed by atoms with Crippen LogP contribution in [0.3, 0.4) is 0 Å². The van der Waals surface area contributed by atoms with E-state index in [1.165, 1.54) is 0 Å². The van der Waals surface area contributed by atoms with E-state index >= 15 is 0 Å². The quantitative estimate of drug-likeness (QED) is 0.835. The van der Waals surface area contributed by atoms with Crippen molar-refractivity contribution in [3.05, 3.63) is 24.2 Å². The summed E-state index contributed by atoms with van der Waals surface area (Å²) in [5, 5.41) is 12.6. The van der Waals surface area contributed by atoms with E-state index in [1.807, 2.05) is 26.2 Å². The molecule has 2 rings (SSSR count). The van der Waals surface area contributed by atoms with Crippen molar-refractivity contribution >= 4 is 5.97 Å². The molecule has 20 heavy (non-hydrogen) atoms. The predicted molar refractivity (Wildman–Crippen MR) is 76.5 cm³/mol. The minimum atomic E-state index is -0.660. The highest BCUT2D eigenvalue weighted by molar-refractivity contribution is 5.70. The van der Waals surface area contributed by atoms with Gasteiger partial charge in [0.1, 0.15) is 5.76 Å². The van der Waals surface area contributed by atoms with Gasteiger partial charge in [-0.15, -0.1) is 0 Å². The Morgan fingerprint density at radius 2 is 2.35 bits per heavy atom. The minimum absolute atomic E-state index is 0.176. The van der Waals surface area contributed by atoms with Crippen LogP contribution < -0.4 is 5.32 Å². The molecule has 0 aromatic carbocycles. The van der Waals surface area contributed by atoms with Crippen molar-refractivity contribution < 1.29 is 14.3 Å². The van der Waals surface area contributed by atoms with Crippen LogP contribution in [0.2, 0.25) is 0 Å². The van der Waals surface area contributed by atoms with E-state index in [4.69, 9.17) is 9.52 Å². The van der Waals surface area contributed by atoms with Crippen LogP contribution in [0.15, 0.2) is 22.8 Å². The number of hydrogen-bond donors (Lipinski definition) is 2. The fraction of sp³-hybridized carbons (Fsp3) is 0.667. The third-order valence-corrected chi connectivity index (χ3v) is 4.12. The van der Waals surface area contributed by atoms with Gasteiger partial charge in [-0.25, -0.2) is 0 Å². The van der Waals surface area contributed by atoms with Gasteiger partial charge in [-0.2, -0.15) is 0 Å². The molecule has 1 aromatic rings. The molecule has 0 radical (unpaired) electrons. The third kappa shape index (κ3) is 3.84. The molecule has 0 bridgehead atoms. The smallest absolute Gasteiger partial charge is 0.306 e. The van der Waals surface area contributed by atoms with E-state index < -0.39 is 5.97 Å². The topological polar surface area (TPSA) is 65.7 Å². The van der Waals surface area contributed by atoms with Gasteiger partial charge in [0.05, 0.1) is 18.2 Å². The first-order valence-corrected chi connectivity index (χ1v) is 7.24. The summed E-state index contributed by atoms with van der Waals surface area (Å²) in [5.41, 5.74) is 0. The summed E-state index contributed by atoms with van der Waals surface area (Å²) in [6.45, 7) is 0.775. The number of nitrogens with one attached hydrogen (secondary N) is 1. The van der Waals surface area contributed by atoms with E-state index in [0.717, 1.165) is 38.0 Å². The molecule has 3 atom stereocenters. The number of carbonyl (C=O) groups is 1. The molecule has 0 amide bonds. The van der Waals surface area contributed by atoms with Gasteiger partial charge in [-0.05, 0) is 45.5 Å². The number of hydrogen-bond acceptors (Lipinski definition) is 4. The first kappa shape index (κ1) is 15.1. The second-order valence-corrected chi connectivity index (χ2v) is 5.80. The van der Waals surface area contributed by atoms with Crippen LogP contribution in [-0.2, 0) is 4.79 Å². The average molecular weight is 280 g/mol. The number of likely N-dealkylation sites (N-methyl/N-ethyl adjacent to an activating group) is 1. The second-order valence-electron chi connectivity index (χ2n) is 5.80. The molecule has 3 unspecified atom stereocenters. The molecule has 1 saturated carbocycles. The fourth-order valence-electron chi connectivity index (χ4n) is 2.90. The SMILES string of the molecule is CN(C)C(CNC1CCCC(C(=O)O)C1)c1ccco1. The van der Waals surface area contributed by atoms with Crippen LogP contribution in [0.25, 0.3) is 0 Å². The van der Waals surface area contributed by atoms with E-state index in [0.29, 0.717) is 6.04 Å². The average Bonchev–Trinajstić information content (AvgIpc) is 2.93. The Kier molecular flexibility index (Phi) is 5.20. The van der Waals surface area contributed by atoms with Gasteiger partial charge in [-0.3, -0.25) is 9.69 Å². The zero-order valence-corrected chi connectivity index (χ0v) is 12.2. The first-order chi connectivity index (χ1) is 9.58. The number of carboxylic acids is 1. The monoisotopic (exact) mass is 280 g/mol. The fourth-order valence-corrected chi connectivity index (χ4v) is 2.90. The summed E-state index contributed by atoms with van der Waals surface area (Å²) < 4.78 is 5.48. The molecule has 2 N–H and O–H groups in total. The molecule has 1 heterocycles. The molecule has 1 aliphatic rings. The standard InChI is InChI=1S/C15H24N2O3/c1-17(2)13(14-7-4-8-20-14)10-16-12-6-3-5-11(9-12)15(18)19/h4,7-8,11-13,16H,3,5-6,9-10H2,1-2H3,(H,18,19). The minimum Gasteiger partial charge on any atom is -0.481 e. The summed E-state index contributed by atoms with van der Waals surface area (Å²) in [6, 6.07) is 4.35.